The van der Waals surface area contributed by atoms with Crippen LogP contribution in [0.3, 0.4) is 0 Å². The molecule has 0 aliphatic carbocycles. The molecule has 0 saturated carbocycles. The third kappa shape index (κ3) is 3.63. The fourth-order valence-electron chi connectivity index (χ4n) is 1.58. The molecule has 1 heterocycles. The number of thiazole rings is 1. The summed E-state index contributed by atoms with van der Waals surface area (Å²) in [5.41, 5.74) is 1.28. The maximum absolute atomic E-state index is 4.39. The molecule has 4 heteroatoms. The number of aryl methyl sites for hydroxylation is 1. The van der Waals surface area contributed by atoms with Crippen molar-refractivity contribution in [2.45, 2.75) is 26.4 Å². The Labute approximate surface area is 114 Å². The van der Waals surface area contributed by atoms with Gasteiger partial charge in [0.05, 0.1) is 6.04 Å². The lowest BCUT2D eigenvalue weighted by Crippen LogP contribution is -2.17. The Bertz CT molecular complexity index is 496. The number of nitrogens with zero attached hydrogens (tertiary/aromatic N) is 1. The van der Waals surface area contributed by atoms with Crippen LogP contribution in [0.4, 0.5) is 0 Å². The van der Waals surface area contributed by atoms with E-state index < -0.39 is 0 Å². The number of hydrogen-bond donors (Lipinski definition) is 1. The Kier molecular flexibility index (Phi) is 4.31. The maximum Gasteiger partial charge on any atom is 0.109 e. The molecular formula is C13H15BrN2S. The highest BCUT2D eigenvalue weighted by Gasteiger charge is 2.08. The van der Waals surface area contributed by atoms with Crippen LogP contribution >= 0.6 is 27.3 Å². The molecule has 2 aromatic rings. The van der Waals surface area contributed by atoms with E-state index in [1.165, 1.54) is 10.4 Å². The zero-order valence-corrected chi connectivity index (χ0v) is 12.3. The van der Waals surface area contributed by atoms with Crippen LogP contribution in [0, 0.1) is 6.92 Å². The fraction of sp³-hybridized carbons (Fsp3) is 0.308. The van der Waals surface area contributed by atoms with E-state index in [1.54, 1.807) is 11.3 Å². The van der Waals surface area contributed by atoms with E-state index in [4.69, 9.17) is 0 Å². The van der Waals surface area contributed by atoms with Crippen molar-refractivity contribution in [1.29, 1.82) is 0 Å². The Balaban J connectivity index is 1.94. The third-order valence-electron chi connectivity index (χ3n) is 2.51. The Hall–Kier alpha value is -0.710. The lowest BCUT2D eigenvalue weighted by molar-refractivity contribution is 0.572. The van der Waals surface area contributed by atoms with Gasteiger partial charge in [-0.3, -0.25) is 0 Å². The van der Waals surface area contributed by atoms with Crippen LogP contribution in [0.2, 0.25) is 0 Å². The van der Waals surface area contributed by atoms with Gasteiger partial charge < -0.3 is 5.32 Å². The molecule has 0 amide bonds. The van der Waals surface area contributed by atoms with Gasteiger partial charge in [-0.1, -0.05) is 28.1 Å². The van der Waals surface area contributed by atoms with Gasteiger partial charge in [-0.05, 0) is 31.5 Å². The summed E-state index contributed by atoms with van der Waals surface area (Å²) in [7, 11) is 0. The van der Waals surface area contributed by atoms with Gasteiger partial charge in [-0.25, -0.2) is 4.98 Å². The Morgan fingerprint density at radius 3 is 2.94 bits per heavy atom. The van der Waals surface area contributed by atoms with Gasteiger partial charge in [0.25, 0.3) is 0 Å². The molecule has 0 aliphatic rings. The first-order chi connectivity index (χ1) is 8.15. The van der Waals surface area contributed by atoms with E-state index in [0.717, 1.165) is 16.0 Å². The second-order valence-electron chi connectivity index (χ2n) is 4.04. The van der Waals surface area contributed by atoms with E-state index in [9.17, 15) is 0 Å². The third-order valence-corrected chi connectivity index (χ3v) is 4.10. The SMILES string of the molecule is Cc1cnc(C(C)NCc2cccc(Br)c2)s1. The van der Waals surface area contributed by atoms with E-state index in [2.05, 4.69) is 58.3 Å². The summed E-state index contributed by atoms with van der Waals surface area (Å²) in [4.78, 5) is 5.65. The predicted molar refractivity (Wildman–Crippen MR) is 76.2 cm³/mol. The van der Waals surface area contributed by atoms with Crippen molar-refractivity contribution < 1.29 is 0 Å². The molecule has 1 aromatic carbocycles. The highest BCUT2D eigenvalue weighted by atomic mass is 79.9. The average molecular weight is 311 g/mol. The molecule has 1 N–H and O–H groups in total. The van der Waals surface area contributed by atoms with Gasteiger partial charge in [0, 0.05) is 22.1 Å². The predicted octanol–water partition coefficient (Wildman–Crippen LogP) is 4.06. The van der Waals surface area contributed by atoms with Gasteiger partial charge >= 0.3 is 0 Å². The van der Waals surface area contributed by atoms with E-state index >= 15 is 0 Å². The zero-order chi connectivity index (χ0) is 12.3. The normalized spacial score (nSPS) is 12.6. The lowest BCUT2D eigenvalue weighted by Gasteiger charge is -2.11. The molecule has 0 radical (unpaired) electrons. The molecule has 17 heavy (non-hydrogen) atoms. The molecule has 2 nitrogen and oxygen atoms in total. The van der Waals surface area contributed by atoms with E-state index in [1.807, 2.05) is 12.3 Å². The highest BCUT2D eigenvalue weighted by molar-refractivity contribution is 9.10. The van der Waals surface area contributed by atoms with Crippen molar-refractivity contribution in [3.8, 4) is 0 Å². The minimum Gasteiger partial charge on any atom is -0.304 e. The van der Waals surface area contributed by atoms with Crippen molar-refractivity contribution in [3.05, 3.63) is 50.4 Å². The van der Waals surface area contributed by atoms with E-state index in [0.29, 0.717) is 6.04 Å². The summed E-state index contributed by atoms with van der Waals surface area (Å²) in [5, 5.41) is 4.63. The molecule has 0 bridgehead atoms. The van der Waals surface area contributed by atoms with Crippen LogP contribution in [0.25, 0.3) is 0 Å². The fourth-order valence-corrected chi connectivity index (χ4v) is 2.83. The summed E-state index contributed by atoms with van der Waals surface area (Å²) in [5.74, 6) is 0. The summed E-state index contributed by atoms with van der Waals surface area (Å²) < 4.78 is 1.12. The van der Waals surface area contributed by atoms with Crippen molar-refractivity contribution in [1.82, 2.24) is 10.3 Å². The molecule has 0 spiro atoms. The number of aromatic nitrogens is 1. The van der Waals surface area contributed by atoms with Crippen molar-refractivity contribution in [3.63, 3.8) is 0 Å². The molecule has 1 unspecified atom stereocenters. The summed E-state index contributed by atoms with van der Waals surface area (Å²) in [6.45, 7) is 5.09. The first-order valence-electron chi connectivity index (χ1n) is 5.55. The minimum atomic E-state index is 0.299. The summed E-state index contributed by atoms with van der Waals surface area (Å²) >= 11 is 5.23. The van der Waals surface area contributed by atoms with Crippen LogP contribution < -0.4 is 5.32 Å². The molecular weight excluding hydrogens is 296 g/mol. The average Bonchev–Trinajstić information content (AvgIpc) is 2.73. The lowest BCUT2D eigenvalue weighted by atomic mass is 10.2. The van der Waals surface area contributed by atoms with Crippen LogP contribution in [0.15, 0.2) is 34.9 Å². The minimum absolute atomic E-state index is 0.299. The Morgan fingerprint density at radius 2 is 2.29 bits per heavy atom. The second-order valence-corrected chi connectivity index (χ2v) is 6.22. The molecule has 2 rings (SSSR count). The summed E-state index contributed by atoms with van der Waals surface area (Å²) in [6, 6.07) is 8.65. The largest absolute Gasteiger partial charge is 0.304 e. The smallest absolute Gasteiger partial charge is 0.109 e. The van der Waals surface area contributed by atoms with Gasteiger partial charge in [0.15, 0.2) is 0 Å². The summed E-state index contributed by atoms with van der Waals surface area (Å²) in [6.07, 6.45) is 1.93. The van der Waals surface area contributed by atoms with Gasteiger partial charge in [-0.2, -0.15) is 0 Å². The second kappa shape index (κ2) is 5.76. The molecule has 0 aliphatic heterocycles. The van der Waals surface area contributed by atoms with Crippen molar-refractivity contribution >= 4 is 27.3 Å². The zero-order valence-electron chi connectivity index (χ0n) is 9.90. The van der Waals surface area contributed by atoms with Crippen LogP contribution in [-0.2, 0) is 6.54 Å². The van der Waals surface area contributed by atoms with Crippen molar-refractivity contribution in [2.75, 3.05) is 0 Å². The van der Waals surface area contributed by atoms with Crippen molar-refractivity contribution in [2.24, 2.45) is 0 Å². The monoisotopic (exact) mass is 310 g/mol. The van der Waals surface area contributed by atoms with Gasteiger partial charge in [0.1, 0.15) is 5.01 Å². The maximum atomic E-state index is 4.39. The molecule has 1 aromatic heterocycles. The molecule has 90 valence electrons. The number of halogens is 1. The first kappa shape index (κ1) is 12.7. The van der Waals surface area contributed by atoms with E-state index in [-0.39, 0.29) is 0 Å². The van der Waals surface area contributed by atoms with Crippen LogP contribution in [0.1, 0.15) is 28.4 Å². The number of hydrogen-bond acceptors (Lipinski definition) is 3. The van der Waals surface area contributed by atoms with Gasteiger partial charge in [-0.15, -0.1) is 11.3 Å². The topological polar surface area (TPSA) is 24.9 Å². The van der Waals surface area contributed by atoms with Crippen LogP contribution in [0.5, 0.6) is 0 Å². The van der Waals surface area contributed by atoms with Gasteiger partial charge in [0.2, 0.25) is 0 Å². The number of nitrogens with one attached hydrogen (secondary N) is 1. The highest BCUT2D eigenvalue weighted by Crippen LogP contribution is 2.19. The van der Waals surface area contributed by atoms with Crippen LogP contribution in [-0.4, -0.2) is 4.98 Å². The molecule has 0 saturated heterocycles. The quantitative estimate of drug-likeness (QED) is 0.921. The first-order valence-corrected chi connectivity index (χ1v) is 7.16. The standard InChI is InChI=1S/C13H15BrN2S/c1-9-7-16-13(17-9)10(2)15-8-11-4-3-5-12(14)6-11/h3-7,10,15H,8H2,1-2H3. The molecule has 0 fully saturated rings. The number of rotatable bonds is 4. The molecule has 1 atom stereocenters. The number of benzene rings is 1. The Morgan fingerprint density at radius 1 is 1.47 bits per heavy atom.